The number of carbonyl (C=O) groups excluding carboxylic acids is 1. The molecule has 0 aliphatic rings. The van der Waals surface area contributed by atoms with Gasteiger partial charge in [-0.15, -0.1) is 0 Å². The molecule has 5 nitrogen and oxygen atoms in total. The Morgan fingerprint density at radius 2 is 1.87 bits per heavy atom. The number of H-pyrrole nitrogens is 1. The predicted molar refractivity (Wildman–Crippen MR) is 121 cm³/mol. The fourth-order valence-electron chi connectivity index (χ4n) is 3.77. The van der Waals surface area contributed by atoms with E-state index in [-0.39, 0.29) is 17.8 Å². The number of hydrogen-bond acceptors (Lipinski definition) is 2. The molecule has 1 atom stereocenters. The molecule has 0 aliphatic carbocycles. The smallest absolute Gasteiger partial charge is 0.319 e. The molecule has 0 radical (unpaired) electrons. The second-order valence-electron chi connectivity index (χ2n) is 7.43. The molecule has 4 rings (SSSR count). The van der Waals surface area contributed by atoms with Crippen LogP contribution >= 0.6 is 0 Å². The monoisotopic (exact) mass is 417 g/mol. The minimum absolute atomic E-state index is 0.151. The summed E-state index contributed by atoms with van der Waals surface area (Å²) in [7, 11) is 1.56. The average Bonchev–Trinajstić information content (AvgIpc) is 3.19. The minimum atomic E-state index is -0.337. The zero-order valence-electron chi connectivity index (χ0n) is 17.4. The summed E-state index contributed by atoms with van der Waals surface area (Å²) in [5, 5.41) is 6.88. The number of benzene rings is 3. The molecule has 1 aromatic heterocycles. The van der Waals surface area contributed by atoms with Crippen LogP contribution in [0.2, 0.25) is 0 Å². The molecule has 3 aromatic carbocycles. The maximum absolute atomic E-state index is 13.5. The quantitative estimate of drug-likeness (QED) is 0.384. The Morgan fingerprint density at radius 1 is 1.10 bits per heavy atom. The van der Waals surface area contributed by atoms with Crippen LogP contribution in [-0.2, 0) is 0 Å². The second-order valence-corrected chi connectivity index (χ2v) is 7.43. The van der Waals surface area contributed by atoms with E-state index in [1.54, 1.807) is 19.2 Å². The fraction of sp³-hybridized carbons (Fsp3) is 0.160. The number of hydrogen-bond donors (Lipinski definition) is 3. The van der Waals surface area contributed by atoms with Crippen LogP contribution in [-0.4, -0.2) is 24.7 Å². The van der Waals surface area contributed by atoms with Gasteiger partial charge in [0.25, 0.3) is 0 Å². The van der Waals surface area contributed by atoms with Gasteiger partial charge in [0, 0.05) is 29.6 Å². The van der Waals surface area contributed by atoms with Gasteiger partial charge in [0.1, 0.15) is 11.6 Å². The number of anilines is 1. The Labute approximate surface area is 180 Å². The van der Waals surface area contributed by atoms with E-state index in [2.05, 4.69) is 15.6 Å². The topological polar surface area (TPSA) is 66.2 Å². The van der Waals surface area contributed by atoms with Crippen molar-refractivity contribution in [1.82, 2.24) is 10.3 Å². The van der Waals surface area contributed by atoms with Gasteiger partial charge in [-0.25, -0.2) is 9.18 Å². The number of fused-ring (bicyclic) bond motifs is 1. The first-order chi connectivity index (χ1) is 15.0. The third-order valence-electron chi connectivity index (χ3n) is 5.34. The number of carbonyl (C=O) groups is 1. The summed E-state index contributed by atoms with van der Waals surface area (Å²) in [6.07, 6.45) is 1.95. The number of aromatic amines is 1. The van der Waals surface area contributed by atoms with Crippen molar-refractivity contribution >= 4 is 22.6 Å². The van der Waals surface area contributed by atoms with E-state index < -0.39 is 0 Å². The maximum Gasteiger partial charge on any atom is 0.319 e. The first-order valence-corrected chi connectivity index (χ1v) is 10.1. The summed E-state index contributed by atoms with van der Waals surface area (Å²) in [6.45, 7) is 2.29. The van der Waals surface area contributed by atoms with Crippen molar-refractivity contribution in [3.63, 3.8) is 0 Å². The standard InChI is InChI=1S/C25H24FN3O2/c1-16-7-12-24(31-2)23(13-16)29-25(30)28-14-20(17-8-10-18(26)11-9-17)21-15-27-22-6-4-3-5-19(21)22/h3-13,15,20,27H,14H2,1-2H3,(H2,28,29,30). The lowest BCUT2D eigenvalue weighted by Gasteiger charge is -2.19. The second kappa shape index (κ2) is 8.92. The van der Waals surface area contributed by atoms with Crippen molar-refractivity contribution in [3.8, 4) is 5.75 Å². The third-order valence-corrected chi connectivity index (χ3v) is 5.34. The van der Waals surface area contributed by atoms with Crippen molar-refractivity contribution in [1.29, 1.82) is 0 Å². The van der Waals surface area contributed by atoms with Crippen LogP contribution in [0, 0.1) is 12.7 Å². The van der Waals surface area contributed by atoms with Crippen molar-refractivity contribution in [2.24, 2.45) is 0 Å². The zero-order chi connectivity index (χ0) is 21.8. The third kappa shape index (κ3) is 4.53. The number of methoxy groups -OCH3 is 1. The number of aryl methyl sites for hydroxylation is 1. The molecule has 31 heavy (non-hydrogen) atoms. The van der Waals surface area contributed by atoms with Gasteiger partial charge in [-0.05, 0) is 53.9 Å². The fourth-order valence-corrected chi connectivity index (χ4v) is 3.77. The molecular weight excluding hydrogens is 393 g/mol. The van der Waals surface area contributed by atoms with E-state index in [1.807, 2.05) is 55.6 Å². The van der Waals surface area contributed by atoms with E-state index in [1.165, 1.54) is 12.1 Å². The minimum Gasteiger partial charge on any atom is -0.495 e. The Balaban J connectivity index is 1.58. The molecule has 6 heteroatoms. The van der Waals surface area contributed by atoms with E-state index in [0.29, 0.717) is 18.0 Å². The van der Waals surface area contributed by atoms with E-state index in [0.717, 1.165) is 27.6 Å². The largest absolute Gasteiger partial charge is 0.495 e. The number of aromatic nitrogens is 1. The Morgan fingerprint density at radius 3 is 2.65 bits per heavy atom. The first-order valence-electron chi connectivity index (χ1n) is 10.1. The van der Waals surface area contributed by atoms with Gasteiger partial charge < -0.3 is 20.4 Å². The molecule has 0 aliphatic heterocycles. The normalized spacial score (nSPS) is 11.8. The molecule has 1 unspecified atom stereocenters. The number of ether oxygens (including phenoxy) is 1. The average molecular weight is 417 g/mol. The van der Waals surface area contributed by atoms with Gasteiger partial charge in [-0.2, -0.15) is 0 Å². The highest BCUT2D eigenvalue weighted by molar-refractivity contribution is 5.91. The predicted octanol–water partition coefficient (Wildman–Crippen LogP) is 5.58. The molecule has 0 saturated heterocycles. The van der Waals surface area contributed by atoms with Crippen LogP contribution in [0.5, 0.6) is 5.75 Å². The van der Waals surface area contributed by atoms with Crippen LogP contribution < -0.4 is 15.4 Å². The van der Waals surface area contributed by atoms with Crippen LogP contribution in [0.3, 0.4) is 0 Å². The number of nitrogens with one attached hydrogen (secondary N) is 3. The molecule has 0 spiro atoms. The Hall–Kier alpha value is -3.80. The van der Waals surface area contributed by atoms with Crippen LogP contribution in [0.4, 0.5) is 14.9 Å². The van der Waals surface area contributed by atoms with Gasteiger partial charge in [-0.1, -0.05) is 36.4 Å². The lowest BCUT2D eigenvalue weighted by Crippen LogP contribution is -2.32. The number of urea groups is 1. The van der Waals surface area contributed by atoms with Crippen molar-refractivity contribution in [2.75, 3.05) is 19.0 Å². The molecule has 2 amide bonds. The SMILES string of the molecule is COc1ccc(C)cc1NC(=O)NCC(c1ccc(F)cc1)c1c[nH]c2ccccc12. The molecule has 0 bridgehead atoms. The molecule has 1 heterocycles. The molecule has 0 fully saturated rings. The van der Waals surface area contributed by atoms with Gasteiger partial charge in [0.15, 0.2) is 0 Å². The molecule has 4 aromatic rings. The summed E-state index contributed by atoms with van der Waals surface area (Å²) in [6, 6.07) is 19.6. The zero-order valence-corrected chi connectivity index (χ0v) is 17.4. The lowest BCUT2D eigenvalue weighted by molar-refractivity contribution is 0.251. The van der Waals surface area contributed by atoms with Crippen molar-refractivity contribution < 1.29 is 13.9 Å². The molecule has 3 N–H and O–H groups in total. The molecular formula is C25H24FN3O2. The molecule has 0 saturated carbocycles. The molecule has 158 valence electrons. The maximum atomic E-state index is 13.5. The first kappa shape index (κ1) is 20.5. The number of rotatable bonds is 6. The van der Waals surface area contributed by atoms with Gasteiger partial charge in [0.2, 0.25) is 0 Å². The highest BCUT2D eigenvalue weighted by Gasteiger charge is 2.19. The summed E-state index contributed by atoms with van der Waals surface area (Å²) in [5.41, 5.74) is 4.58. The summed E-state index contributed by atoms with van der Waals surface area (Å²) >= 11 is 0. The highest BCUT2D eigenvalue weighted by atomic mass is 19.1. The number of amides is 2. The lowest BCUT2D eigenvalue weighted by atomic mass is 9.91. The summed E-state index contributed by atoms with van der Waals surface area (Å²) in [5.74, 6) is 0.146. The van der Waals surface area contributed by atoms with Gasteiger partial charge in [0.05, 0.1) is 12.8 Å². The summed E-state index contributed by atoms with van der Waals surface area (Å²) in [4.78, 5) is 15.9. The van der Waals surface area contributed by atoms with E-state index in [9.17, 15) is 9.18 Å². The van der Waals surface area contributed by atoms with Crippen molar-refractivity contribution in [2.45, 2.75) is 12.8 Å². The van der Waals surface area contributed by atoms with E-state index in [4.69, 9.17) is 4.74 Å². The van der Waals surface area contributed by atoms with Gasteiger partial charge in [-0.3, -0.25) is 0 Å². The number of para-hydroxylation sites is 1. The highest BCUT2D eigenvalue weighted by Crippen LogP contribution is 2.31. The van der Waals surface area contributed by atoms with Crippen LogP contribution in [0.1, 0.15) is 22.6 Å². The Bertz CT molecular complexity index is 1200. The summed E-state index contributed by atoms with van der Waals surface area (Å²) < 4.78 is 18.8. The number of halogens is 1. The van der Waals surface area contributed by atoms with E-state index >= 15 is 0 Å². The van der Waals surface area contributed by atoms with Crippen LogP contribution in [0.25, 0.3) is 10.9 Å². The van der Waals surface area contributed by atoms with Crippen molar-refractivity contribution in [3.05, 3.63) is 95.4 Å². The van der Waals surface area contributed by atoms with Crippen LogP contribution in [0.15, 0.2) is 72.9 Å². The Kier molecular flexibility index (Phi) is 5.89. The van der Waals surface area contributed by atoms with Gasteiger partial charge >= 0.3 is 6.03 Å².